The van der Waals surface area contributed by atoms with Gasteiger partial charge in [0.1, 0.15) is 29.1 Å². The van der Waals surface area contributed by atoms with Crippen LogP contribution in [0.15, 0.2) is 91.0 Å². The third-order valence-electron chi connectivity index (χ3n) is 4.86. The fourth-order valence-electron chi connectivity index (χ4n) is 3.25. The van der Waals surface area contributed by atoms with Crippen LogP contribution in [0, 0.1) is 0 Å². The number of hydrogen-bond donors (Lipinski definition) is 1. The molecule has 0 aliphatic carbocycles. The molecule has 0 atom stereocenters. The number of pyridine rings is 1. The van der Waals surface area contributed by atoms with Crippen LogP contribution in [-0.2, 0) is 13.2 Å². The van der Waals surface area contributed by atoms with Gasteiger partial charge in [-0.1, -0.05) is 72.3 Å². The number of nitrogens with one attached hydrogen (secondary N) is 1. The molecular formula is C26H23ClN2O2. The largest absolute Gasteiger partial charge is 0.497 e. The normalized spacial score (nSPS) is 10.5. The summed E-state index contributed by atoms with van der Waals surface area (Å²) in [4.78, 5) is 4.42. The number of anilines is 1. The molecule has 0 fully saturated rings. The summed E-state index contributed by atoms with van der Waals surface area (Å²) in [5.41, 5.74) is 4.15. The molecule has 4 rings (SSSR count). The summed E-state index contributed by atoms with van der Waals surface area (Å²) >= 11 is 6.34. The molecule has 0 aliphatic rings. The summed E-state index contributed by atoms with van der Waals surface area (Å²) < 4.78 is 11.3. The maximum Gasteiger partial charge on any atom is 0.132 e. The standard InChI is InChI=1S/C26H23ClN2O2/c1-30-22-13-11-19(12-14-22)17-28-26-16-21(15-25(27)29-26)23-9-5-6-10-24(23)31-18-20-7-3-2-4-8-20/h2-16H,17-18H2,1H3,(H,28,29). The van der Waals surface area contributed by atoms with Crippen LogP contribution in [0.4, 0.5) is 5.82 Å². The Kier molecular flexibility index (Phi) is 6.70. The minimum absolute atomic E-state index is 0.424. The fraction of sp³-hybridized carbons (Fsp3) is 0.115. The molecule has 4 aromatic rings. The summed E-state index contributed by atoms with van der Waals surface area (Å²) in [6, 6.07) is 29.8. The Labute approximate surface area is 187 Å². The van der Waals surface area contributed by atoms with E-state index in [-0.39, 0.29) is 0 Å². The molecule has 1 aromatic heterocycles. The molecule has 3 aromatic carbocycles. The molecule has 156 valence electrons. The Balaban J connectivity index is 1.52. The van der Waals surface area contributed by atoms with E-state index in [9.17, 15) is 0 Å². The van der Waals surface area contributed by atoms with E-state index >= 15 is 0 Å². The van der Waals surface area contributed by atoms with Crippen molar-refractivity contribution >= 4 is 17.4 Å². The molecule has 0 spiro atoms. The predicted molar refractivity (Wildman–Crippen MR) is 126 cm³/mol. The van der Waals surface area contributed by atoms with Gasteiger partial charge in [-0.2, -0.15) is 0 Å². The molecule has 5 heteroatoms. The second kappa shape index (κ2) is 10.0. The Bertz CT molecular complexity index is 1130. The second-order valence-corrected chi connectivity index (χ2v) is 7.42. The molecule has 0 saturated carbocycles. The third kappa shape index (κ3) is 5.56. The average molecular weight is 431 g/mol. The van der Waals surface area contributed by atoms with Crippen molar-refractivity contribution in [1.82, 2.24) is 4.98 Å². The third-order valence-corrected chi connectivity index (χ3v) is 5.06. The van der Waals surface area contributed by atoms with Crippen LogP contribution >= 0.6 is 11.6 Å². The smallest absolute Gasteiger partial charge is 0.132 e. The van der Waals surface area contributed by atoms with Crippen molar-refractivity contribution in [3.8, 4) is 22.6 Å². The van der Waals surface area contributed by atoms with Crippen molar-refractivity contribution < 1.29 is 9.47 Å². The van der Waals surface area contributed by atoms with Crippen molar-refractivity contribution in [2.45, 2.75) is 13.2 Å². The fourth-order valence-corrected chi connectivity index (χ4v) is 3.45. The van der Waals surface area contributed by atoms with E-state index in [0.29, 0.717) is 24.1 Å². The highest BCUT2D eigenvalue weighted by atomic mass is 35.5. The van der Waals surface area contributed by atoms with Crippen LogP contribution < -0.4 is 14.8 Å². The number of aromatic nitrogens is 1. The van der Waals surface area contributed by atoms with Crippen LogP contribution in [0.3, 0.4) is 0 Å². The zero-order chi connectivity index (χ0) is 21.5. The van der Waals surface area contributed by atoms with Gasteiger partial charge in [-0.25, -0.2) is 4.98 Å². The van der Waals surface area contributed by atoms with Gasteiger partial charge < -0.3 is 14.8 Å². The Morgan fingerprint density at radius 1 is 0.839 bits per heavy atom. The summed E-state index contributed by atoms with van der Waals surface area (Å²) in [5.74, 6) is 2.34. The van der Waals surface area contributed by atoms with Gasteiger partial charge in [0.25, 0.3) is 0 Å². The molecule has 0 amide bonds. The number of nitrogens with zero attached hydrogens (tertiary/aromatic N) is 1. The van der Waals surface area contributed by atoms with Gasteiger partial charge in [-0.05, 0) is 47.0 Å². The van der Waals surface area contributed by atoms with E-state index in [2.05, 4.69) is 10.3 Å². The molecule has 0 saturated heterocycles. The van der Waals surface area contributed by atoms with Gasteiger partial charge in [0.2, 0.25) is 0 Å². The van der Waals surface area contributed by atoms with Gasteiger partial charge in [0, 0.05) is 12.1 Å². The number of para-hydroxylation sites is 1. The highest BCUT2D eigenvalue weighted by Crippen LogP contribution is 2.33. The molecule has 0 unspecified atom stereocenters. The van der Waals surface area contributed by atoms with Crippen LogP contribution in [0.2, 0.25) is 5.15 Å². The first-order valence-electron chi connectivity index (χ1n) is 10.0. The number of rotatable bonds is 8. The quantitative estimate of drug-likeness (QED) is 0.320. The lowest BCUT2D eigenvalue weighted by Gasteiger charge is -2.13. The zero-order valence-corrected chi connectivity index (χ0v) is 18.0. The first-order chi connectivity index (χ1) is 15.2. The maximum atomic E-state index is 6.34. The van der Waals surface area contributed by atoms with Crippen molar-refractivity contribution in [2.24, 2.45) is 0 Å². The molecule has 0 bridgehead atoms. The molecular weight excluding hydrogens is 408 g/mol. The molecule has 0 aliphatic heterocycles. The van der Waals surface area contributed by atoms with Crippen LogP contribution in [0.1, 0.15) is 11.1 Å². The summed E-state index contributed by atoms with van der Waals surface area (Å²) in [5, 5.41) is 3.77. The summed E-state index contributed by atoms with van der Waals surface area (Å²) in [6.45, 7) is 1.13. The molecule has 0 radical (unpaired) electrons. The Hall–Kier alpha value is -3.50. The van der Waals surface area contributed by atoms with E-state index in [1.807, 2.05) is 91.0 Å². The topological polar surface area (TPSA) is 43.4 Å². The van der Waals surface area contributed by atoms with Crippen molar-refractivity contribution in [1.29, 1.82) is 0 Å². The summed E-state index contributed by atoms with van der Waals surface area (Å²) in [7, 11) is 1.66. The number of methoxy groups -OCH3 is 1. The predicted octanol–water partition coefficient (Wildman–Crippen LogP) is 6.60. The van der Waals surface area contributed by atoms with E-state index in [1.54, 1.807) is 7.11 Å². The minimum atomic E-state index is 0.424. The van der Waals surface area contributed by atoms with Gasteiger partial charge in [0.15, 0.2) is 0 Å². The van der Waals surface area contributed by atoms with Crippen molar-refractivity contribution in [3.63, 3.8) is 0 Å². The lowest BCUT2D eigenvalue weighted by molar-refractivity contribution is 0.307. The van der Waals surface area contributed by atoms with Crippen LogP contribution in [-0.4, -0.2) is 12.1 Å². The number of halogens is 1. The molecule has 31 heavy (non-hydrogen) atoms. The molecule has 1 heterocycles. The van der Waals surface area contributed by atoms with Crippen LogP contribution in [0.25, 0.3) is 11.1 Å². The first-order valence-corrected chi connectivity index (χ1v) is 10.4. The lowest BCUT2D eigenvalue weighted by atomic mass is 10.1. The van der Waals surface area contributed by atoms with Gasteiger partial charge in [-0.3, -0.25) is 0 Å². The Morgan fingerprint density at radius 2 is 1.58 bits per heavy atom. The van der Waals surface area contributed by atoms with Gasteiger partial charge in [-0.15, -0.1) is 0 Å². The monoisotopic (exact) mass is 430 g/mol. The summed E-state index contributed by atoms with van der Waals surface area (Å²) in [6.07, 6.45) is 0. The number of benzene rings is 3. The minimum Gasteiger partial charge on any atom is -0.497 e. The first kappa shape index (κ1) is 20.8. The maximum absolute atomic E-state index is 6.34. The number of hydrogen-bond acceptors (Lipinski definition) is 4. The second-order valence-electron chi connectivity index (χ2n) is 7.04. The Morgan fingerprint density at radius 3 is 2.35 bits per heavy atom. The van der Waals surface area contributed by atoms with E-state index in [4.69, 9.17) is 21.1 Å². The van der Waals surface area contributed by atoms with Crippen molar-refractivity contribution in [2.75, 3.05) is 12.4 Å². The zero-order valence-electron chi connectivity index (χ0n) is 17.2. The van der Waals surface area contributed by atoms with E-state index < -0.39 is 0 Å². The van der Waals surface area contributed by atoms with E-state index in [1.165, 1.54) is 0 Å². The number of ether oxygens (including phenoxy) is 2. The highest BCUT2D eigenvalue weighted by molar-refractivity contribution is 6.29. The van der Waals surface area contributed by atoms with Crippen molar-refractivity contribution in [3.05, 3.63) is 107 Å². The molecule has 1 N–H and O–H groups in total. The van der Waals surface area contributed by atoms with E-state index in [0.717, 1.165) is 33.8 Å². The van der Waals surface area contributed by atoms with Crippen LogP contribution in [0.5, 0.6) is 11.5 Å². The molecule has 4 nitrogen and oxygen atoms in total. The lowest BCUT2D eigenvalue weighted by Crippen LogP contribution is -2.02. The SMILES string of the molecule is COc1ccc(CNc2cc(-c3ccccc3OCc3ccccc3)cc(Cl)n2)cc1. The average Bonchev–Trinajstić information content (AvgIpc) is 2.82. The van der Waals surface area contributed by atoms with Gasteiger partial charge in [0.05, 0.1) is 7.11 Å². The van der Waals surface area contributed by atoms with Gasteiger partial charge >= 0.3 is 0 Å². The highest BCUT2D eigenvalue weighted by Gasteiger charge is 2.10.